The molecule has 0 saturated heterocycles. The van der Waals surface area contributed by atoms with Gasteiger partial charge in [0.05, 0.1) is 6.42 Å². The number of nitrogens with one attached hydrogen (secondary N) is 1. The highest BCUT2D eigenvalue weighted by atomic mass is 19.1. The van der Waals surface area contributed by atoms with E-state index in [1.807, 2.05) is 0 Å². The van der Waals surface area contributed by atoms with E-state index in [0.29, 0.717) is 18.4 Å². The summed E-state index contributed by atoms with van der Waals surface area (Å²) in [6.07, 6.45) is 5.41. The molecule has 2 aliphatic rings. The third-order valence-electron chi connectivity index (χ3n) is 4.36. The molecule has 0 unspecified atom stereocenters. The maximum absolute atomic E-state index is 12.8. The van der Waals surface area contributed by atoms with E-state index in [9.17, 15) is 9.18 Å². The van der Waals surface area contributed by atoms with Crippen molar-refractivity contribution in [2.45, 2.75) is 38.1 Å². The molecule has 1 amide bonds. The lowest BCUT2D eigenvalue weighted by molar-refractivity contribution is -0.121. The first-order valence-electron chi connectivity index (χ1n) is 6.74. The number of halogens is 1. The maximum atomic E-state index is 12.8. The zero-order valence-corrected chi connectivity index (χ0v) is 10.4. The fraction of sp³-hybridized carbons (Fsp3) is 0.533. The summed E-state index contributed by atoms with van der Waals surface area (Å²) in [5.74, 6) is 1.35. The van der Waals surface area contributed by atoms with E-state index in [4.69, 9.17) is 0 Å². The Balaban J connectivity index is 1.54. The molecule has 1 N–H and O–H groups in total. The summed E-state index contributed by atoms with van der Waals surface area (Å²) < 4.78 is 12.8. The molecule has 2 saturated carbocycles. The molecular formula is C15H18FNO. The molecule has 2 aliphatic carbocycles. The van der Waals surface area contributed by atoms with Gasteiger partial charge in [0.25, 0.3) is 0 Å². The molecule has 2 nitrogen and oxygen atoms in total. The lowest BCUT2D eigenvalue weighted by atomic mass is 9.95. The summed E-state index contributed by atoms with van der Waals surface area (Å²) in [6.45, 7) is 0. The number of fused-ring (bicyclic) bond motifs is 2. The Labute approximate surface area is 107 Å². The minimum atomic E-state index is -0.257. The van der Waals surface area contributed by atoms with Gasteiger partial charge in [-0.2, -0.15) is 0 Å². The van der Waals surface area contributed by atoms with Crippen LogP contribution in [0.15, 0.2) is 24.3 Å². The van der Waals surface area contributed by atoms with Crippen LogP contribution in [0.3, 0.4) is 0 Å². The summed E-state index contributed by atoms with van der Waals surface area (Å²) in [6, 6.07) is 6.54. The standard InChI is InChI=1S/C15H18FNO/c16-13-5-2-10(3-6-13)9-15(18)17-14-8-11-1-4-12(14)7-11/h2-3,5-6,11-12,14H,1,4,7-9H2,(H,17,18)/t11-,12-,14-/m0/s1. The fourth-order valence-corrected chi connectivity index (χ4v) is 3.47. The quantitative estimate of drug-likeness (QED) is 0.874. The van der Waals surface area contributed by atoms with Crippen molar-refractivity contribution in [3.05, 3.63) is 35.6 Å². The molecule has 18 heavy (non-hydrogen) atoms. The summed E-state index contributed by atoms with van der Waals surface area (Å²) in [5, 5.41) is 3.14. The van der Waals surface area contributed by atoms with Crippen LogP contribution in [0.5, 0.6) is 0 Å². The second-order valence-corrected chi connectivity index (χ2v) is 5.65. The zero-order valence-electron chi connectivity index (χ0n) is 10.4. The minimum Gasteiger partial charge on any atom is -0.353 e. The van der Waals surface area contributed by atoms with E-state index < -0.39 is 0 Å². The van der Waals surface area contributed by atoms with Gasteiger partial charge < -0.3 is 5.32 Å². The zero-order chi connectivity index (χ0) is 12.5. The minimum absolute atomic E-state index is 0.0687. The van der Waals surface area contributed by atoms with Crippen molar-refractivity contribution in [1.82, 2.24) is 5.32 Å². The van der Waals surface area contributed by atoms with Crippen molar-refractivity contribution >= 4 is 5.91 Å². The SMILES string of the molecule is O=C(Cc1ccc(F)cc1)N[C@H]1C[C@H]2CC[C@H]1C2. The van der Waals surface area contributed by atoms with Crippen molar-refractivity contribution in [1.29, 1.82) is 0 Å². The molecule has 2 bridgehead atoms. The van der Waals surface area contributed by atoms with Gasteiger partial charge in [-0.1, -0.05) is 18.6 Å². The Morgan fingerprint density at radius 3 is 2.61 bits per heavy atom. The Morgan fingerprint density at radius 1 is 1.22 bits per heavy atom. The Morgan fingerprint density at radius 2 is 2.00 bits per heavy atom. The van der Waals surface area contributed by atoms with Gasteiger partial charge >= 0.3 is 0 Å². The highest BCUT2D eigenvalue weighted by Gasteiger charge is 2.39. The normalized spacial score (nSPS) is 29.5. The smallest absolute Gasteiger partial charge is 0.224 e. The van der Waals surface area contributed by atoms with Crippen LogP contribution in [0.2, 0.25) is 0 Å². The predicted molar refractivity (Wildman–Crippen MR) is 67.5 cm³/mol. The predicted octanol–water partition coefficient (Wildman–Crippen LogP) is 2.67. The van der Waals surface area contributed by atoms with E-state index in [-0.39, 0.29) is 11.7 Å². The monoisotopic (exact) mass is 247 g/mol. The fourth-order valence-electron chi connectivity index (χ4n) is 3.47. The van der Waals surface area contributed by atoms with Crippen LogP contribution in [0.4, 0.5) is 4.39 Å². The third kappa shape index (κ3) is 2.40. The summed E-state index contributed by atoms with van der Waals surface area (Å²) in [7, 11) is 0. The van der Waals surface area contributed by atoms with Crippen LogP contribution in [0, 0.1) is 17.7 Å². The molecule has 3 heteroatoms. The summed E-state index contributed by atoms with van der Waals surface area (Å²) in [4.78, 5) is 11.9. The Bertz CT molecular complexity index is 442. The van der Waals surface area contributed by atoms with Crippen LogP contribution in [0.1, 0.15) is 31.2 Å². The number of carbonyl (C=O) groups is 1. The van der Waals surface area contributed by atoms with Crippen molar-refractivity contribution < 1.29 is 9.18 Å². The molecule has 3 rings (SSSR count). The summed E-state index contributed by atoms with van der Waals surface area (Å²) in [5.41, 5.74) is 0.872. The average Bonchev–Trinajstić information content (AvgIpc) is 2.94. The number of hydrogen-bond acceptors (Lipinski definition) is 1. The molecule has 0 spiro atoms. The molecule has 0 aliphatic heterocycles. The Hall–Kier alpha value is -1.38. The van der Waals surface area contributed by atoms with Crippen LogP contribution in [-0.2, 0) is 11.2 Å². The molecule has 0 heterocycles. The van der Waals surface area contributed by atoms with Gasteiger partial charge in [-0.05, 0) is 48.8 Å². The van der Waals surface area contributed by atoms with E-state index in [0.717, 1.165) is 17.9 Å². The first kappa shape index (κ1) is 11.7. The number of hydrogen-bond donors (Lipinski definition) is 1. The second kappa shape index (κ2) is 4.71. The molecule has 2 fully saturated rings. The second-order valence-electron chi connectivity index (χ2n) is 5.65. The van der Waals surface area contributed by atoms with E-state index in [2.05, 4.69) is 5.32 Å². The number of carbonyl (C=O) groups excluding carboxylic acids is 1. The van der Waals surface area contributed by atoms with Crippen LogP contribution in [-0.4, -0.2) is 11.9 Å². The number of rotatable bonds is 3. The van der Waals surface area contributed by atoms with Gasteiger partial charge in [-0.15, -0.1) is 0 Å². The van der Waals surface area contributed by atoms with Crippen molar-refractivity contribution in [3.63, 3.8) is 0 Å². The van der Waals surface area contributed by atoms with Crippen LogP contribution in [0.25, 0.3) is 0 Å². The van der Waals surface area contributed by atoms with Gasteiger partial charge in [0.1, 0.15) is 5.82 Å². The van der Waals surface area contributed by atoms with Crippen LogP contribution < -0.4 is 5.32 Å². The molecule has 1 aromatic rings. The van der Waals surface area contributed by atoms with Crippen LogP contribution >= 0.6 is 0 Å². The summed E-state index contributed by atoms with van der Waals surface area (Å²) >= 11 is 0. The lowest BCUT2D eigenvalue weighted by Crippen LogP contribution is -2.39. The number of benzene rings is 1. The molecule has 1 aromatic carbocycles. The van der Waals surface area contributed by atoms with E-state index in [1.54, 1.807) is 12.1 Å². The van der Waals surface area contributed by atoms with Gasteiger partial charge in [-0.3, -0.25) is 4.79 Å². The highest BCUT2D eigenvalue weighted by Crippen LogP contribution is 2.44. The maximum Gasteiger partial charge on any atom is 0.224 e. The number of amides is 1. The van der Waals surface area contributed by atoms with Crippen molar-refractivity contribution in [3.8, 4) is 0 Å². The van der Waals surface area contributed by atoms with E-state index in [1.165, 1.54) is 31.4 Å². The average molecular weight is 247 g/mol. The van der Waals surface area contributed by atoms with Gasteiger partial charge in [0.15, 0.2) is 0 Å². The van der Waals surface area contributed by atoms with E-state index >= 15 is 0 Å². The molecule has 96 valence electrons. The van der Waals surface area contributed by atoms with Gasteiger partial charge in [0, 0.05) is 6.04 Å². The highest BCUT2D eigenvalue weighted by molar-refractivity contribution is 5.78. The first-order chi connectivity index (χ1) is 8.70. The Kier molecular flexibility index (Phi) is 3.06. The molecule has 0 aromatic heterocycles. The lowest BCUT2D eigenvalue weighted by Gasteiger charge is -2.22. The molecule has 0 radical (unpaired) electrons. The molecule has 3 atom stereocenters. The molecular weight excluding hydrogens is 229 g/mol. The van der Waals surface area contributed by atoms with Crippen molar-refractivity contribution in [2.75, 3.05) is 0 Å². The van der Waals surface area contributed by atoms with Crippen molar-refractivity contribution in [2.24, 2.45) is 11.8 Å². The van der Waals surface area contributed by atoms with Gasteiger partial charge in [0.2, 0.25) is 5.91 Å². The third-order valence-corrected chi connectivity index (χ3v) is 4.36. The largest absolute Gasteiger partial charge is 0.353 e. The topological polar surface area (TPSA) is 29.1 Å². The van der Waals surface area contributed by atoms with Gasteiger partial charge in [-0.25, -0.2) is 4.39 Å². The first-order valence-corrected chi connectivity index (χ1v) is 6.74.